The number of nitro benzene ring substituents is 2. The van der Waals surface area contributed by atoms with Crippen LogP contribution in [0.1, 0.15) is 108 Å². The molecule has 0 atom stereocenters. The first-order valence-corrected chi connectivity index (χ1v) is 24.4. The molecule has 3 fully saturated rings. The predicted molar refractivity (Wildman–Crippen MR) is 260 cm³/mol. The van der Waals surface area contributed by atoms with Gasteiger partial charge in [-0.1, -0.05) is 26.7 Å². The first kappa shape index (κ1) is 44.5. The molecule has 0 unspecified atom stereocenters. The summed E-state index contributed by atoms with van der Waals surface area (Å²) in [6.07, 6.45) is 11.2. The number of carbonyl (C=O) groups is 2. The Balaban J connectivity index is 0.000000159. The summed E-state index contributed by atoms with van der Waals surface area (Å²) in [6.45, 7) is 11.4. The van der Waals surface area contributed by atoms with Crippen LogP contribution >= 0.6 is 0 Å². The zero-order chi connectivity index (χ0) is 46.3. The summed E-state index contributed by atoms with van der Waals surface area (Å²) in [5, 5.41) is 27.9. The second-order valence-electron chi connectivity index (χ2n) is 19.6. The zero-order valence-corrected chi connectivity index (χ0v) is 38.6. The number of hydrogen-bond acceptors (Lipinski definition) is 8. The fourth-order valence-corrected chi connectivity index (χ4v) is 11.3. The number of non-ortho nitro benzene ring substituents is 2. The average molecular weight is 905 g/mol. The number of nitrogens with zero attached hydrogens (tertiary/aromatic N) is 7. The van der Waals surface area contributed by atoms with Gasteiger partial charge in [-0.2, -0.15) is 0 Å². The minimum atomic E-state index is -0.379. The van der Waals surface area contributed by atoms with Gasteiger partial charge in [0.2, 0.25) is 0 Å². The van der Waals surface area contributed by atoms with Crippen molar-refractivity contribution in [2.45, 2.75) is 97.2 Å². The molecule has 4 aromatic carbocycles. The zero-order valence-electron chi connectivity index (χ0n) is 38.6. The number of piperidine rings is 2. The molecule has 1 N–H and O–H groups in total. The van der Waals surface area contributed by atoms with Crippen LogP contribution in [0.3, 0.4) is 0 Å². The van der Waals surface area contributed by atoms with Crippen LogP contribution in [0.2, 0.25) is 0 Å². The Labute approximate surface area is 390 Å². The van der Waals surface area contributed by atoms with Gasteiger partial charge in [-0.15, -0.1) is 0 Å². The average Bonchev–Trinajstić information content (AvgIpc) is 4.10. The molecule has 6 aromatic rings. The number of hydrogen-bond donors (Lipinski definition) is 1. The minimum absolute atomic E-state index is 0.0829. The number of benzene rings is 4. The lowest BCUT2D eigenvalue weighted by atomic mass is 9.98. The van der Waals surface area contributed by atoms with Crippen molar-refractivity contribution >= 4 is 45.0 Å². The van der Waals surface area contributed by atoms with Crippen molar-refractivity contribution in [2.24, 2.45) is 11.8 Å². The van der Waals surface area contributed by atoms with Gasteiger partial charge in [0.1, 0.15) is 0 Å². The molecule has 1 saturated carbocycles. The second-order valence-corrected chi connectivity index (χ2v) is 19.6. The molecule has 4 aliphatic heterocycles. The maximum Gasteiger partial charge on any atom is 0.269 e. The van der Waals surface area contributed by atoms with Crippen LogP contribution in [-0.4, -0.2) is 90.8 Å². The predicted octanol–water partition coefficient (Wildman–Crippen LogP) is 9.77. The van der Waals surface area contributed by atoms with Gasteiger partial charge >= 0.3 is 0 Å². The summed E-state index contributed by atoms with van der Waals surface area (Å²) in [4.78, 5) is 54.7. The first-order valence-electron chi connectivity index (χ1n) is 24.4. The molecule has 2 saturated heterocycles. The quantitative estimate of drug-likeness (QED) is 0.123. The van der Waals surface area contributed by atoms with Crippen LogP contribution in [0.4, 0.5) is 11.4 Å². The van der Waals surface area contributed by atoms with Crippen molar-refractivity contribution in [3.05, 3.63) is 139 Å². The Bertz CT molecular complexity index is 2840. The summed E-state index contributed by atoms with van der Waals surface area (Å²) < 4.78 is 4.45. The van der Waals surface area contributed by atoms with Gasteiger partial charge in [0, 0.05) is 140 Å². The lowest BCUT2D eigenvalue weighted by molar-refractivity contribution is -0.385. The number of aromatic nitrogens is 2. The van der Waals surface area contributed by atoms with Crippen molar-refractivity contribution in [1.29, 1.82) is 0 Å². The number of nitro groups is 2. The Morgan fingerprint density at radius 3 is 1.52 bits per heavy atom. The Hall–Kier alpha value is -6.38. The van der Waals surface area contributed by atoms with Crippen LogP contribution in [0, 0.1) is 32.1 Å². The van der Waals surface area contributed by atoms with Crippen molar-refractivity contribution in [1.82, 2.24) is 29.2 Å². The van der Waals surface area contributed by atoms with E-state index in [1.165, 1.54) is 48.2 Å². The van der Waals surface area contributed by atoms with E-state index in [2.05, 4.69) is 45.3 Å². The SMILES string of the molecule is CC1CCN(C(=O)c2ccc3c(c2)c2c(n3-c3ccc([N+](=O)[O-])cc3)CCN(C3CCCC3)C2)CC1.CC1CCN(C(=O)c2ccc3c(c2)c2c(n3-c3ccc([N+](=O)[O-])cc3)CCNC2)CC1. The summed E-state index contributed by atoms with van der Waals surface area (Å²) in [5.74, 6) is 1.60. The number of rotatable bonds is 7. The van der Waals surface area contributed by atoms with Gasteiger partial charge in [-0.25, -0.2) is 0 Å². The molecule has 2 amide bonds. The van der Waals surface area contributed by atoms with Gasteiger partial charge in [0.25, 0.3) is 23.2 Å². The molecule has 67 heavy (non-hydrogen) atoms. The van der Waals surface area contributed by atoms with Gasteiger partial charge < -0.3 is 24.3 Å². The highest BCUT2D eigenvalue weighted by atomic mass is 16.6. The van der Waals surface area contributed by atoms with E-state index in [1.807, 2.05) is 46.2 Å². The molecule has 0 radical (unpaired) electrons. The normalized spacial score (nSPS) is 18.4. The molecular weight excluding hydrogens is 845 g/mol. The van der Waals surface area contributed by atoms with E-state index in [0.29, 0.717) is 17.9 Å². The van der Waals surface area contributed by atoms with E-state index < -0.39 is 0 Å². The van der Waals surface area contributed by atoms with Crippen molar-refractivity contribution in [3.63, 3.8) is 0 Å². The molecule has 0 spiro atoms. The molecular formula is C53H60N8O6. The summed E-state index contributed by atoms with van der Waals surface area (Å²) >= 11 is 0. The number of fused-ring (bicyclic) bond motifs is 6. The third-order valence-corrected chi connectivity index (χ3v) is 15.3. The topological polar surface area (TPSA) is 152 Å². The van der Waals surface area contributed by atoms with Crippen molar-refractivity contribution < 1.29 is 19.4 Å². The van der Waals surface area contributed by atoms with Crippen LogP contribution < -0.4 is 5.32 Å². The van der Waals surface area contributed by atoms with E-state index in [1.54, 1.807) is 36.4 Å². The highest BCUT2D eigenvalue weighted by Gasteiger charge is 2.32. The highest BCUT2D eigenvalue weighted by molar-refractivity contribution is 6.01. The number of amides is 2. The van der Waals surface area contributed by atoms with Crippen molar-refractivity contribution in [3.8, 4) is 11.4 Å². The molecule has 0 bridgehead atoms. The Morgan fingerprint density at radius 1 is 0.582 bits per heavy atom. The van der Waals surface area contributed by atoms with Crippen LogP contribution in [0.25, 0.3) is 33.2 Å². The summed E-state index contributed by atoms with van der Waals surface area (Å²) in [5.41, 5.74) is 10.6. The van der Waals surface area contributed by atoms with Crippen LogP contribution in [-0.2, 0) is 25.9 Å². The lowest BCUT2D eigenvalue weighted by Gasteiger charge is -2.33. The monoisotopic (exact) mass is 904 g/mol. The van der Waals surface area contributed by atoms with E-state index >= 15 is 0 Å². The third-order valence-electron chi connectivity index (χ3n) is 15.3. The Kier molecular flexibility index (Phi) is 12.4. The summed E-state index contributed by atoms with van der Waals surface area (Å²) in [6, 6.07) is 26.3. The lowest BCUT2D eigenvalue weighted by Crippen LogP contribution is -2.38. The van der Waals surface area contributed by atoms with E-state index in [4.69, 9.17) is 0 Å². The molecule has 14 nitrogen and oxygen atoms in total. The fourth-order valence-electron chi connectivity index (χ4n) is 11.3. The largest absolute Gasteiger partial charge is 0.339 e. The van der Waals surface area contributed by atoms with Gasteiger partial charge in [0.05, 0.1) is 20.9 Å². The maximum absolute atomic E-state index is 13.4. The number of carbonyl (C=O) groups excluding carboxylic acids is 2. The van der Waals surface area contributed by atoms with E-state index in [-0.39, 0.29) is 33.0 Å². The molecule has 11 rings (SSSR count). The van der Waals surface area contributed by atoms with Crippen LogP contribution in [0.5, 0.6) is 0 Å². The number of nitrogens with one attached hydrogen (secondary N) is 1. The molecule has 2 aromatic heterocycles. The first-order chi connectivity index (χ1) is 32.5. The molecule has 5 aliphatic rings. The molecule has 6 heterocycles. The molecule has 348 valence electrons. The van der Waals surface area contributed by atoms with E-state index in [9.17, 15) is 29.8 Å². The Morgan fingerprint density at radius 2 is 1.04 bits per heavy atom. The molecule has 14 heteroatoms. The standard InChI is InChI=1S/C29H34N4O3.C24H26N4O3/c1-20-12-15-30(16-13-20)29(34)21-6-11-27-25(18-21)26-19-31(22-4-2-3-5-22)17-14-28(26)32(27)23-7-9-24(10-8-23)33(35)36;1-16-9-12-26(13-10-16)24(29)17-2-7-22-20(14-17)21-15-25-11-8-23(21)27(22)18-3-5-19(6-4-18)28(30)31/h6-11,18,20,22H,2-5,12-17,19H2,1H3;2-7,14,16,25H,8-13,15H2,1H3. The maximum atomic E-state index is 13.4. The van der Waals surface area contributed by atoms with Gasteiger partial charge in [-0.3, -0.25) is 34.7 Å². The summed E-state index contributed by atoms with van der Waals surface area (Å²) in [7, 11) is 0. The van der Waals surface area contributed by atoms with Gasteiger partial charge in [0.15, 0.2) is 0 Å². The minimum Gasteiger partial charge on any atom is -0.339 e. The van der Waals surface area contributed by atoms with Crippen LogP contribution in [0.15, 0.2) is 84.9 Å². The van der Waals surface area contributed by atoms with E-state index in [0.717, 1.165) is 135 Å². The molecule has 1 aliphatic carbocycles. The second kappa shape index (κ2) is 18.7. The van der Waals surface area contributed by atoms with Crippen molar-refractivity contribution in [2.75, 3.05) is 39.3 Å². The van der Waals surface area contributed by atoms with Gasteiger partial charge in [-0.05, 0) is 122 Å². The highest BCUT2D eigenvalue weighted by Crippen LogP contribution is 2.38. The third kappa shape index (κ3) is 8.73. The fraction of sp³-hybridized carbons (Fsp3) is 0.434. The number of likely N-dealkylation sites (tertiary alicyclic amines) is 2. The smallest absolute Gasteiger partial charge is 0.269 e.